The minimum absolute atomic E-state index is 0.185. The van der Waals surface area contributed by atoms with E-state index >= 15 is 0 Å². The van der Waals surface area contributed by atoms with Crippen LogP contribution in [0, 0.1) is 13.8 Å². The minimum atomic E-state index is -0.606. The monoisotopic (exact) mass is 247 g/mol. The van der Waals surface area contributed by atoms with Gasteiger partial charge in [0, 0.05) is 0 Å². The molecular weight excluding hydrogens is 230 g/mol. The van der Waals surface area contributed by atoms with Gasteiger partial charge in [-0.05, 0) is 32.8 Å². The fraction of sp³-hybridized carbons (Fsp3) is 0.571. The smallest absolute Gasteiger partial charge is 0.340 e. The Morgan fingerprint density at radius 3 is 2.56 bits per heavy atom. The highest BCUT2D eigenvalue weighted by Gasteiger charge is 2.47. The van der Waals surface area contributed by atoms with Crippen LogP contribution in [0.3, 0.4) is 0 Å². The Labute approximate surface area is 106 Å². The molecule has 0 radical (unpaired) electrons. The summed E-state index contributed by atoms with van der Waals surface area (Å²) in [5, 5.41) is 0. The molecule has 18 heavy (non-hydrogen) atoms. The van der Waals surface area contributed by atoms with Gasteiger partial charge in [0.05, 0.1) is 5.56 Å². The van der Waals surface area contributed by atoms with Crippen molar-refractivity contribution < 1.29 is 13.9 Å². The largest absolute Gasteiger partial charge is 0.466 e. The number of aryl methyl sites for hydroxylation is 2. The lowest BCUT2D eigenvalue weighted by Gasteiger charge is -2.25. The van der Waals surface area contributed by atoms with Gasteiger partial charge in [0.2, 0.25) is 5.90 Å². The predicted octanol–water partition coefficient (Wildman–Crippen LogP) is 2.90. The molecule has 0 amide bonds. The Morgan fingerprint density at radius 1 is 1.22 bits per heavy atom. The maximum atomic E-state index is 12.1. The summed E-state index contributed by atoms with van der Waals surface area (Å²) in [6, 6.07) is 1.88. The van der Waals surface area contributed by atoms with Crippen molar-refractivity contribution in [2.24, 2.45) is 4.99 Å². The summed E-state index contributed by atoms with van der Waals surface area (Å²) < 4.78 is 10.9. The molecule has 1 fully saturated rings. The number of carbonyl (C=O) groups is 1. The highest BCUT2D eigenvalue weighted by atomic mass is 16.6. The highest BCUT2D eigenvalue weighted by Crippen LogP contribution is 2.37. The zero-order chi connectivity index (χ0) is 12.8. The number of furan rings is 1. The number of hydrogen-bond donors (Lipinski definition) is 0. The molecule has 0 aromatic carbocycles. The Hall–Kier alpha value is -1.58. The first kappa shape index (κ1) is 11.5. The molecule has 1 aromatic heterocycles. The van der Waals surface area contributed by atoms with Gasteiger partial charge in [-0.2, -0.15) is 0 Å². The van der Waals surface area contributed by atoms with E-state index in [1.54, 1.807) is 0 Å². The van der Waals surface area contributed by atoms with Crippen LogP contribution < -0.4 is 0 Å². The topological polar surface area (TPSA) is 51.8 Å². The summed E-state index contributed by atoms with van der Waals surface area (Å²) in [7, 11) is 0. The third-order valence-electron chi connectivity index (χ3n) is 3.84. The molecule has 4 nitrogen and oxygen atoms in total. The van der Waals surface area contributed by atoms with Crippen LogP contribution in [-0.2, 0) is 9.53 Å². The first-order chi connectivity index (χ1) is 8.61. The van der Waals surface area contributed by atoms with Crippen molar-refractivity contribution in [2.75, 3.05) is 0 Å². The van der Waals surface area contributed by atoms with E-state index in [0.717, 1.165) is 42.8 Å². The Balaban J connectivity index is 1.97. The zero-order valence-corrected chi connectivity index (χ0v) is 10.8. The molecule has 3 rings (SSSR count). The van der Waals surface area contributed by atoms with E-state index in [2.05, 4.69) is 4.99 Å². The molecule has 1 aliphatic carbocycles. The van der Waals surface area contributed by atoms with Crippen LogP contribution in [0.2, 0.25) is 0 Å². The van der Waals surface area contributed by atoms with Crippen molar-refractivity contribution in [1.29, 1.82) is 0 Å². The van der Waals surface area contributed by atoms with Crippen molar-refractivity contribution in [3.05, 3.63) is 23.2 Å². The number of nitrogens with zero attached hydrogens (tertiary/aromatic N) is 1. The molecule has 4 heteroatoms. The maximum absolute atomic E-state index is 12.1. The number of carbonyl (C=O) groups excluding carboxylic acids is 1. The van der Waals surface area contributed by atoms with Gasteiger partial charge >= 0.3 is 5.97 Å². The van der Waals surface area contributed by atoms with Crippen LogP contribution >= 0.6 is 0 Å². The van der Waals surface area contributed by atoms with E-state index in [-0.39, 0.29) is 5.97 Å². The maximum Gasteiger partial charge on any atom is 0.340 e. The summed E-state index contributed by atoms with van der Waals surface area (Å²) in [6.45, 7) is 3.74. The molecule has 2 heterocycles. The molecule has 0 bridgehead atoms. The van der Waals surface area contributed by atoms with Crippen molar-refractivity contribution in [3.63, 3.8) is 0 Å². The van der Waals surface area contributed by atoms with Crippen molar-refractivity contribution in [1.82, 2.24) is 0 Å². The average Bonchev–Trinajstić information content (AvgIpc) is 2.82. The number of cyclic esters (lactones) is 1. The van der Waals surface area contributed by atoms with Crippen LogP contribution in [-0.4, -0.2) is 17.4 Å². The van der Waals surface area contributed by atoms with E-state index in [0.29, 0.717) is 5.90 Å². The summed E-state index contributed by atoms with van der Waals surface area (Å²) in [5.74, 6) is 1.82. The SMILES string of the molecule is Cc1cc(C2=NC3(CCCCC3)C(=O)O2)c(C)o1. The van der Waals surface area contributed by atoms with E-state index in [1.807, 2.05) is 19.9 Å². The summed E-state index contributed by atoms with van der Waals surface area (Å²) in [4.78, 5) is 16.7. The van der Waals surface area contributed by atoms with E-state index in [9.17, 15) is 4.79 Å². The van der Waals surface area contributed by atoms with Gasteiger partial charge < -0.3 is 9.15 Å². The predicted molar refractivity (Wildman–Crippen MR) is 66.6 cm³/mol. The summed E-state index contributed by atoms with van der Waals surface area (Å²) in [5.41, 5.74) is 0.203. The molecule has 1 aliphatic heterocycles. The molecule has 0 saturated heterocycles. The molecular formula is C14H17NO3. The Kier molecular flexibility index (Phi) is 2.54. The number of rotatable bonds is 1. The summed E-state index contributed by atoms with van der Waals surface area (Å²) in [6.07, 6.45) is 4.91. The lowest BCUT2D eigenvalue weighted by atomic mass is 9.83. The third-order valence-corrected chi connectivity index (χ3v) is 3.84. The van der Waals surface area contributed by atoms with Gasteiger partial charge in [0.1, 0.15) is 11.5 Å². The standard InChI is InChI=1S/C14H17NO3/c1-9-8-11(10(2)17-9)12-15-14(13(16)18-12)6-4-3-5-7-14/h8H,3-7H2,1-2H3. The van der Waals surface area contributed by atoms with Gasteiger partial charge in [-0.15, -0.1) is 0 Å². The van der Waals surface area contributed by atoms with Gasteiger partial charge in [-0.1, -0.05) is 19.3 Å². The summed E-state index contributed by atoms with van der Waals surface area (Å²) >= 11 is 0. The first-order valence-corrected chi connectivity index (χ1v) is 6.50. The second-order valence-electron chi connectivity index (χ2n) is 5.23. The molecule has 0 atom stereocenters. The van der Waals surface area contributed by atoms with Crippen molar-refractivity contribution >= 4 is 11.9 Å². The van der Waals surface area contributed by atoms with Crippen molar-refractivity contribution in [3.8, 4) is 0 Å². The second kappa shape index (κ2) is 3.97. The number of hydrogen-bond acceptors (Lipinski definition) is 4. The number of esters is 1. The van der Waals surface area contributed by atoms with E-state index < -0.39 is 5.54 Å². The van der Waals surface area contributed by atoms with Crippen LogP contribution in [0.15, 0.2) is 15.5 Å². The molecule has 2 aliphatic rings. The van der Waals surface area contributed by atoms with Crippen molar-refractivity contribution in [2.45, 2.75) is 51.5 Å². The molecule has 1 aromatic rings. The zero-order valence-electron chi connectivity index (χ0n) is 10.8. The van der Waals surface area contributed by atoms with Crippen LogP contribution in [0.25, 0.3) is 0 Å². The quantitative estimate of drug-likeness (QED) is 0.717. The Morgan fingerprint density at radius 2 is 1.94 bits per heavy atom. The van der Waals surface area contributed by atoms with E-state index in [4.69, 9.17) is 9.15 Å². The fourth-order valence-corrected chi connectivity index (χ4v) is 2.86. The van der Waals surface area contributed by atoms with Crippen LogP contribution in [0.4, 0.5) is 0 Å². The molecule has 0 N–H and O–H groups in total. The lowest BCUT2D eigenvalue weighted by molar-refractivity contribution is -0.140. The van der Waals surface area contributed by atoms with Crippen LogP contribution in [0.1, 0.15) is 49.2 Å². The lowest BCUT2D eigenvalue weighted by Crippen LogP contribution is -2.35. The first-order valence-electron chi connectivity index (χ1n) is 6.50. The van der Waals surface area contributed by atoms with Gasteiger partial charge in [-0.25, -0.2) is 9.79 Å². The highest BCUT2D eigenvalue weighted by molar-refractivity contribution is 6.08. The normalized spacial score (nSPS) is 22.1. The van der Waals surface area contributed by atoms with E-state index in [1.165, 1.54) is 6.42 Å². The second-order valence-corrected chi connectivity index (χ2v) is 5.23. The van der Waals surface area contributed by atoms with Crippen LogP contribution in [0.5, 0.6) is 0 Å². The van der Waals surface area contributed by atoms with Gasteiger partial charge in [0.25, 0.3) is 0 Å². The third kappa shape index (κ3) is 1.67. The Bertz CT molecular complexity index is 521. The molecule has 0 unspecified atom stereocenters. The molecule has 1 saturated carbocycles. The molecule has 1 spiro atoms. The van der Waals surface area contributed by atoms with Gasteiger partial charge in [-0.3, -0.25) is 0 Å². The fourth-order valence-electron chi connectivity index (χ4n) is 2.86. The number of aliphatic imine (C=N–C) groups is 1. The number of ether oxygens (including phenoxy) is 1. The van der Waals surface area contributed by atoms with Gasteiger partial charge in [0.15, 0.2) is 5.54 Å². The minimum Gasteiger partial charge on any atom is -0.466 e. The molecule has 96 valence electrons. The average molecular weight is 247 g/mol.